The molecule has 2 aromatic rings. The van der Waals surface area contributed by atoms with Crippen molar-refractivity contribution in [2.75, 3.05) is 0 Å². The number of fused-ring (bicyclic) bond motifs is 1. The van der Waals surface area contributed by atoms with E-state index in [0.29, 0.717) is 18.4 Å². The first-order chi connectivity index (χ1) is 15.5. The Bertz CT molecular complexity index is 1120. The van der Waals surface area contributed by atoms with Crippen LogP contribution in [-0.4, -0.2) is 46.1 Å². The number of alkyl halides is 3. The third-order valence-corrected chi connectivity index (χ3v) is 6.89. The summed E-state index contributed by atoms with van der Waals surface area (Å²) in [6.07, 6.45) is -4.10. The Morgan fingerprint density at radius 2 is 2.00 bits per heavy atom. The van der Waals surface area contributed by atoms with Crippen molar-refractivity contribution in [1.29, 1.82) is 0 Å². The van der Waals surface area contributed by atoms with Crippen LogP contribution in [0, 0.1) is 12.8 Å². The molecular weight excluding hydrogens is 437 g/mol. The number of aromatic nitrogens is 2. The van der Waals surface area contributed by atoms with Crippen molar-refractivity contribution in [2.45, 2.75) is 76.5 Å². The maximum absolute atomic E-state index is 13.3. The third kappa shape index (κ3) is 4.63. The molecule has 33 heavy (non-hydrogen) atoms. The molecule has 4 rings (SSSR count). The quantitative estimate of drug-likeness (QED) is 0.727. The number of hydrogen-bond acceptors (Lipinski definition) is 5. The first-order valence-electron chi connectivity index (χ1n) is 11.2. The van der Waals surface area contributed by atoms with E-state index < -0.39 is 30.5 Å². The summed E-state index contributed by atoms with van der Waals surface area (Å²) in [6, 6.07) is 1.90. The minimum absolute atomic E-state index is 0.103. The Morgan fingerprint density at radius 1 is 1.27 bits per heavy atom. The number of nitrogens with zero attached hydrogens (tertiary/aromatic N) is 2. The Morgan fingerprint density at radius 3 is 2.70 bits per heavy atom. The first kappa shape index (κ1) is 23.7. The molecule has 10 heteroatoms. The van der Waals surface area contributed by atoms with Gasteiger partial charge >= 0.3 is 6.18 Å². The Balaban J connectivity index is 1.56. The van der Waals surface area contributed by atoms with Crippen molar-refractivity contribution in [3.05, 3.63) is 39.9 Å². The van der Waals surface area contributed by atoms with Gasteiger partial charge < -0.3 is 14.6 Å². The molecule has 0 aromatic carbocycles. The zero-order valence-electron chi connectivity index (χ0n) is 19.1. The van der Waals surface area contributed by atoms with E-state index in [1.807, 2.05) is 19.1 Å². The second kappa shape index (κ2) is 8.72. The van der Waals surface area contributed by atoms with E-state index in [0.717, 1.165) is 23.0 Å². The molecule has 1 amide bonds. The standard InChI is InChI=1S/C23H29F3N4O3/c1-11-5-6-15(29-21(31)19-20(23(24,25)26)33-13(3)28-19)9-16(11)17-8-14-10-27-12(2)7-18(14)30(4)22(17)32/h7-8,10-11,13,15-16,19-20,28H,5-6,9H2,1-4H3,(H,29,31). The van der Waals surface area contributed by atoms with Gasteiger partial charge in [-0.25, -0.2) is 0 Å². The molecule has 0 radical (unpaired) electrons. The lowest BCUT2D eigenvalue weighted by molar-refractivity contribution is -0.216. The normalized spacial score (nSPS) is 30.5. The molecule has 1 saturated carbocycles. The van der Waals surface area contributed by atoms with Gasteiger partial charge in [0.2, 0.25) is 5.91 Å². The molecular formula is C23H29F3N4O3. The van der Waals surface area contributed by atoms with Gasteiger partial charge in [0.25, 0.3) is 5.56 Å². The number of nitrogens with one attached hydrogen (secondary N) is 2. The van der Waals surface area contributed by atoms with Crippen LogP contribution >= 0.6 is 0 Å². The van der Waals surface area contributed by atoms with Gasteiger partial charge in [0, 0.05) is 35.9 Å². The summed E-state index contributed by atoms with van der Waals surface area (Å²) in [7, 11) is 1.73. The minimum atomic E-state index is -4.65. The molecule has 6 atom stereocenters. The summed E-state index contributed by atoms with van der Waals surface area (Å²) in [4.78, 5) is 30.2. The molecule has 0 bridgehead atoms. The molecule has 3 heterocycles. The molecule has 6 unspecified atom stereocenters. The molecule has 180 valence electrons. The number of pyridine rings is 2. The van der Waals surface area contributed by atoms with Crippen molar-refractivity contribution in [3.8, 4) is 0 Å². The largest absolute Gasteiger partial charge is 0.416 e. The van der Waals surface area contributed by atoms with Gasteiger partial charge in [-0.1, -0.05) is 6.92 Å². The average Bonchev–Trinajstić information content (AvgIpc) is 3.15. The summed E-state index contributed by atoms with van der Waals surface area (Å²) < 4.78 is 46.4. The van der Waals surface area contributed by atoms with Gasteiger partial charge in [0.1, 0.15) is 12.3 Å². The van der Waals surface area contributed by atoms with E-state index in [2.05, 4.69) is 22.5 Å². The van der Waals surface area contributed by atoms with E-state index >= 15 is 0 Å². The number of ether oxygens (including phenoxy) is 1. The number of carbonyl (C=O) groups excluding carboxylic acids is 1. The molecule has 1 saturated heterocycles. The summed E-state index contributed by atoms with van der Waals surface area (Å²) in [5.74, 6) is -0.665. The Hall–Kier alpha value is -2.46. The van der Waals surface area contributed by atoms with E-state index in [-0.39, 0.29) is 23.4 Å². The summed E-state index contributed by atoms with van der Waals surface area (Å²) in [6.45, 7) is 5.37. The Labute approximate surface area is 189 Å². The van der Waals surface area contributed by atoms with E-state index in [4.69, 9.17) is 4.74 Å². The smallest absolute Gasteiger partial charge is 0.352 e. The van der Waals surface area contributed by atoms with Gasteiger partial charge in [0.15, 0.2) is 6.10 Å². The maximum Gasteiger partial charge on any atom is 0.416 e. The van der Waals surface area contributed by atoms with Crippen molar-refractivity contribution in [1.82, 2.24) is 20.2 Å². The molecule has 2 N–H and O–H groups in total. The molecule has 2 aromatic heterocycles. The highest BCUT2D eigenvalue weighted by Gasteiger charge is 2.53. The number of amides is 1. The Kier molecular flexibility index (Phi) is 6.26. The van der Waals surface area contributed by atoms with Crippen molar-refractivity contribution in [3.63, 3.8) is 0 Å². The second-order valence-corrected chi connectivity index (χ2v) is 9.34. The maximum atomic E-state index is 13.3. The number of rotatable bonds is 3. The average molecular weight is 467 g/mol. The van der Waals surface area contributed by atoms with Crippen molar-refractivity contribution >= 4 is 16.8 Å². The van der Waals surface area contributed by atoms with Gasteiger partial charge in [-0.3, -0.25) is 19.9 Å². The molecule has 2 fully saturated rings. The monoisotopic (exact) mass is 466 g/mol. The lowest BCUT2D eigenvalue weighted by Gasteiger charge is -2.35. The molecule has 1 aliphatic carbocycles. The fraction of sp³-hybridized carbons (Fsp3) is 0.609. The van der Waals surface area contributed by atoms with Crippen LogP contribution in [0.3, 0.4) is 0 Å². The van der Waals surface area contributed by atoms with Crippen molar-refractivity contribution in [2.24, 2.45) is 13.0 Å². The van der Waals surface area contributed by atoms with Crippen LogP contribution in [0.15, 0.2) is 23.1 Å². The van der Waals surface area contributed by atoms with Crippen LogP contribution in [-0.2, 0) is 16.6 Å². The van der Waals surface area contributed by atoms with Crippen LogP contribution in [0.2, 0.25) is 0 Å². The lowest BCUT2D eigenvalue weighted by Crippen LogP contribution is -2.54. The fourth-order valence-corrected chi connectivity index (χ4v) is 5.09. The highest BCUT2D eigenvalue weighted by molar-refractivity contribution is 5.83. The molecule has 1 aliphatic heterocycles. The summed E-state index contributed by atoms with van der Waals surface area (Å²) in [5.41, 5.74) is 2.15. The van der Waals surface area contributed by atoms with Gasteiger partial charge in [-0.05, 0) is 57.1 Å². The zero-order chi connectivity index (χ0) is 24.1. The van der Waals surface area contributed by atoms with E-state index in [9.17, 15) is 22.8 Å². The predicted octanol–water partition coefficient (Wildman–Crippen LogP) is 2.90. The highest BCUT2D eigenvalue weighted by Crippen LogP contribution is 2.37. The number of hydrogen-bond donors (Lipinski definition) is 2. The number of halogens is 3. The minimum Gasteiger partial charge on any atom is -0.352 e. The van der Waals surface area contributed by atoms with E-state index in [1.165, 1.54) is 6.92 Å². The lowest BCUT2D eigenvalue weighted by atomic mass is 9.74. The van der Waals surface area contributed by atoms with Crippen LogP contribution in [0.25, 0.3) is 10.9 Å². The second-order valence-electron chi connectivity index (χ2n) is 9.34. The highest BCUT2D eigenvalue weighted by atomic mass is 19.4. The van der Waals surface area contributed by atoms with Crippen LogP contribution in [0.1, 0.15) is 50.3 Å². The van der Waals surface area contributed by atoms with Gasteiger partial charge in [-0.2, -0.15) is 13.2 Å². The SMILES string of the molecule is Cc1cc2c(cn1)cc(C1CC(NC(=O)C3NC(C)OC3C(F)(F)F)CCC1C)c(=O)n2C. The third-order valence-electron chi connectivity index (χ3n) is 6.89. The molecule has 2 aliphatic rings. The van der Waals surface area contributed by atoms with Crippen LogP contribution in [0.4, 0.5) is 13.2 Å². The topological polar surface area (TPSA) is 85.2 Å². The molecule has 0 spiro atoms. The number of carbonyl (C=O) groups is 1. The molecule has 7 nitrogen and oxygen atoms in total. The predicted molar refractivity (Wildman–Crippen MR) is 117 cm³/mol. The number of aryl methyl sites for hydroxylation is 2. The fourth-order valence-electron chi connectivity index (χ4n) is 5.09. The summed E-state index contributed by atoms with van der Waals surface area (Å²) in [5, 5.41) is 6.21. The van der Waals surface area contributed by atoms with Gasteiger partial charge in [-0.15, -0.1) is 0 Å². The van der Waals surface area contributed by atoms with E-state index in [1.54, 1.807) is 17.8 Å². The van der Waals surface area contributed by atoms with Crippen molar-refractivity contribution < 1.29 is 22.7 Å². The zero-order valence-corrected chi connectivity index (χ0v) is 19.1. The summed E-state index contributed by atoms with van der Waals surface area (Å²) >= 11 is 0. The first-order valence-corrected chi connectivity index (χ1v) is 11.2. The van der Waals surface area contributed by atoms with Crippen LogP contribution < -0.4 is 16.2 Å². The van der Waals surface area contributed by atoms with Gasteiger partial charge in [0.05, 0.1) is 5.52 Å². The van der Waals surface area contributed by atoms with Crippen LogP contribution in [0.5, 0.6) is 0 Å².